The van der Waals surface area contributed by atoms with Gasteiger partial charge in [0.1, 0.15) is 5.75 Å². The predicted octanol–water partition coefficient (Wildman–Crippen LogP) is 3.59. The van der Waals surface area contributed by atoms with Crippen LogP contribution in [0.4, 0.5) is 0 Å². The van der Waals surface area contributed by atoms with Crippen molar-refractivity contribution in [1.29, 1.82) is 0 Å². The molecule has 0 aliphatic carbocycles. The second kappa shape index (κ2) is 7.81. The summed E-state index contributed by atoms with van der Waals surface area (Å²) >= 11 is 0. The van der Waals surface area contributed by atoms with Crippen LogP contribution in [0.3, 0.4) is 0 Å². The van der Waals surface area contributed by atoms with Crippen LogP contribution in [0.25, 0.3) is 0 Å². The minimum absolute atomic E-state index is 0.0262. The summed E-state index contributed by atoms with van der Waals surface area (Å²) in [7, 11) is 0. The molecule has 0 bridgehead atoms. The van der Waals surface area contributed by atoms with Crippen molar-refractivity contribution in [2.75, 3.05) is 6.61 Å². The Hall–Kier alpha value is -1.84. The normalized spacial score (nSPS) is 12.1. The highest BCUT2D eigenvalue weighted by molar-refractivity contribution is 5.38. The topological polar surface area (TPSA) is 47.3 Å². The van der Waals surface area contributed by atoms with Crippen molar-refractivity contribution < 1.29 is 4.74 Å². The van der Waals surface area contributed by atoms with Gasteiger partial charge in [-0.3, -0.25) is 5.84 Å². The Bertz CT molecular complexity index is 569. The predicted molar refractivity (Wildman–Crippen MR) is 87.2 cm³/mol. The number of hydrogen-bond acceptors (Lipinski definition) is 3. The molecule has 0 saturated heterocycles. The summed E-state index contributed by atoms with van der Waals surface area (Å²) in [6.45, 7) is 4.99. The van der Waals surface area contributed by atoms with Crippen LogP contribution in [-0.2, 0) is 6.42 Å². The van der Waals surface area contributed by atoms with Crippen LogP contribution in [0.5, 0.6) is 5.75 Å². The molecule has 0 heterocycles. The standard InChI is InChI=1S/C18H24N2O/c1-3-11-21-17-10-6-9-16(13-17)18(20-19)15-8-5-7-14(4-2)12-15/h5-10,12-13,18,20H,3-4,11,19H2,1-2H3. The van der Waals surface area contributed by atoms with E-state index in [1.807, 2.05) is 12.1 Å². The molecular formula is C18H24N2O. The fraction of sp³-hybridized carbons (Fsp3) is 0.333. The number of hydrogen-bond donors (Lipinski definition) is 2. The molecule has 0 radical (unpaired) electrons. The van der Waals surface area contributed by atoms with E-state index in [1.54, 1.807) is 0 Å². The van der Waals surface area contributed by atoms with Gasteiger partial charge in [-0.05, 0) is 41.7 Å². The Morgan fingerprint density at radius 3 is 2.43 bits per heavy atom. The summed E-state index contributed by atoms with van der Waals surface area (Å²) in [5.41, 5.74) is 6.51. The van der Waals surface area contributed by atoms with E-state index in [1.165, 1.54) is 11.1 Å². The highest BCUT2D eigenvalue weighted by Crippen LogP contribution is 2.25. The van der Waals surface area contributed by atoms with Gasteiger partial charge in [0.25, 0.3) is 0 Å². The number of hydrazine groups is 1. The molecule has 3 nitrogen and oxygen atoms in total. The number of nitrogens with two attached hydrogens (primary N) is 1. The van der Waals surface area contributed by atoms with Crippen LogP contribution in [0.2, 0.25) is 0 Å². The zero-order valence-corrected chi connectivity index (χ0v) is 12.8. The van der Waals surface area contributed by atoms with Gasteiger partial charge in [0.15, 0.2) is 0 Å². The van der Waals surface area contributed by atoms with E-state index in [0.29, 0.717) is 0 Å². The van der Waals surface area contributed by atoms with Crippen LogP contribution in [-0.4, -0.2) is 6.61 Å². The molecule has 1 unspecified atom stereocenters. The van der Waals surface area contributed by atoms with Gasteiger partial charge in [-0.2, -0.15) is 0 Å². The van der Waals surface area contributed by atoms with Gasteiger partial charge in [-0.15, -0.1) is 0 Å². The van der Waals surface area contributed by atoms with Crippen molar-refractivity contribution in [1.82, 2.24) is 5.43 Å². The maximum absolute atomic E-state index is 5.79. The van der Waals surface area contributed by atoms with E-state index < -0.39 is 0 Å². The minimum Gasteiger partial charge on any atom is -0.494 e. The van der Waals surface area contributed by atoms with Gasteiger partial charge in [-0.1, -0.05) is 50.2 Å². The molecule has 0 amide bonds. The molecule has 0 fully saturated rings. The Kier molecular flexibility index (Phi) is 5.78. The van der Waals surface area contributed by atoms with Crippen LogP contribution in [0.15, 0.2) is 48.5 Å². The molecule has 0 aliphatic rings. The number of ether oxygens (including phenoxy) is 1. The Morgan fingerprint density at radius 2 is 1.76 bits per heavy atom. The molecule has 21 heavy (non-hydrogen) atoms. The zero-order chi connectivity index (χ0) is 15.1. The van der Waals surface area contributed by atoms with Gasteiger partial charge < -0.3 is 4.74 Å². The van der Waals surface area contributed by atoms with E-state index >= 15 is 0 Å². The zero-order valence-electron chi connectivity index (χ0n) is 12.8. The van der Waals surface area contributed by atoms with Crippen molar-refractivity contribution in [2.45, 2.75) is 32.7 Å². The maximum atomic E-state index is 5.79. The van der Waals surface area contributed by atoms with Crippen LogP contribution in [0, 0.1) is 0 Å². The Morgan fingerprint density at radius 1 is 1.05 bits per heavy atom. The highest BCUT2D eigenvalue weighted by Gasteiger charge is 2.13. The lowest BCUT2D eigenvalue weighted by Gasteiger charge is -2.18. The quantitative estimate of drug-likeness (QED) is 0.603. The third-order valence-electron chi connectivity index (χ3n) is 3.52. The second-order valence-electron chi connectivity index (χ2n) is 5.12. The van der Waals surface area contributed by atoms with Crippen molar-refractivity contribution in [3.8, 4) is 5.75 Å². The molecular weight excluding hydrogens is 260 g/mol. The van der Waals surface area contributed by atoms with Crippen molar-refractivity contribution >= 4 is 0 Å². The molecule has 0 aromatic heterocycles. The first-order valence-electron chi connectivity index (χ1n) is 7.56. The molecule has 0 aliphatic heterocycles. The van der Waals surface area contributed by atoms with Crippen molar-refractivity contribution in [3.63, 3.8) is 0 Å². The molecule has 3 heteroatoms. The Labute approximate surface area is 127 Å². The van der Waals surface area contributed by atoms with Crippen LogP contribution in [0.1, 0.15) is 43.0 Å². The van der Waals surface area contributed by atoms with Crippen molar-refractivity contribution in [3.05, 3.63) is 65.2 Å². The SMILES string of the molecule is CCCOc1cccc(C(NN)c2cccc(CC)c2)c1. The molecule has 112 valence electrons. The first-order valence-corrected chi connectivity index (χ1v) is 7.56. The summed E-state index contributed by atoms with van der Waals surface area (Å²) in [6, 6.07) is 16.6. The van der Waals surface area contributed by atoms with Gasteiger partial charge >= 0.3 is 0 Å². The molecule has 2 aromatic rings. The summed E-state index contributed by atoms with van der Waals surface area (Å²) in [5, 5.41) is 0. The average molecular weight is 284 g/mol. The average Bonchev–Trinajstić information content (AvgIpc) is 2.54. The van der Waals surface area contributed by atoms with Crippen LogP contribution >= 0.6 is 0 Å². The molecule has 3 N–H and O–H groups in total. The summed E-state index contributed by atoms with van der Waals surface area (Å²) in [6.07, 6.45) is 2.02. The van der Waals surface area contributed by atoms with E-state index in [4.69, 9.17) is 10.6 Å². The second-order valence-corrected chi connectivity index (χ2v) is 5.12. The number of benzene rings is 2. The minimum atomic E-state index is -0.0262. The van der Waals surface area contributed by atoms with E-state index in [2.05, 4.69) is 55.7 Å². The fourth-order valence-corrected chi connectivity index (χ4v) is 2.38. The number of nitrogens with one attached hydrogen (secondary N) is 1. The first-order chi connectivity index (χ1) is 10.3. The first kappa shape index (κ1) is 15.5. The fourth-order valence-electron chi connectivity index (χ4n) is 2.38. The highest BCUT2D eigenvalue weighted by atomic mass is 16.5. The monoisotopic (exact) mass is 284 g/mol. The molecule has 0 spiro atoms. The summed E-state index contributed by atoms with van der Waals surface area (Å²) in [4.78, 5) is 0. The smallest absolute Gasteiger partial charge is 0.119 e. The molecule has 1 atom stereocenters. The largest absolute Gasteiger partial charge is 0.494 e. The molecule has 0 saturated carbocycles. The van der Waals surface area contributed by atoms with Crippen LogP contribution < -0.4 is 16.0 Å². The molecule has 2 rings (SSSR count). The lowest BCUT2D eigenvalue weighted by Crippen LogP contribution is -2.28. The van der Waals surface area contributed by atoms with Crippen molar-refractivity contribution in [2.24, 2.45) is 5.84 Å². The molecule has 2 aromatic carbocycles. The third-order valence-corrected chi connectivity index (χ3v) is 3.52. The van der Waals surface area contributed by atoms with Gasteiger partial charge in [-0.25, -0.2) is 5.43 Å². The Balaban J connectivity index is 2.27. The van der Waals surface area contributed by atoms with Gasteiger partial charge in [0.05, 0.1) is 12.6 Å². The number of rotatable bonds is 7. The van der Waals surface area contributed by atoms with E-state index in [0.717, 1.165) is 30.8 Å². The number of aryl methyl sites for hydroxylation is 1. The van der Waals surface area contributed by atoms with E-state index in [9.17, 15) is 0 Å². The maximum Gasteiger partial charge on any atom is 0.119 e. The van der Waals surface area contributed by atoms with Gasteiger partial charge in [0, 0.05) is 0 Å². The summed E-state index contributed by atoms with van der Waals surface area (Å²) < 4.78 is 5.70. The lowest BCUT2D eigenvalue weighted by molar-refractivity contribution is 0.317. The summed E-state index contributed by atoms with van der Waals surface area (Å²) in [5.74, 6) is 6.68. The lowest BCUT2D eigenvalue weighted by atomic mass is 9.97. The van der Waals surface area contributed by atoms with Gasteiger partial charge in [0.2, 0.25) is 0 Å². The van der Waals surface area contributed by atoms with E-state index in [-0.39, 0.29) is 6.04 Å². The third kappa shape index (κ3) is 4.06.